The van der Waals surface area contributed by atoms with Gasteiger partial charge in [0.1, 0.15) is 0 Å². The quantitative estimate of drug-likeness (QED) is 0.884. The number of nitrogens with zero attached hydrogens (tertiary/aromatic N) is 4. The van der Waals surface area contributed by atoms with Crippen LogP contribution in [0.15, 0.2) is 0 Å². The van der Waals surface area contributed by atoms with Gasteiger partial charge < -0.3 is 5.32 Å². The minimum Gasteiger partial charge on any atom is -0.314 e. The molecule has 1 aliphatic carbocycles. The topological polar surface area (TPSA) is 55.6 Å². The molecule has 1 unspecified atom stereocenters. The summed E-state index contributed by atoms with van der Waals surface area (Å²) in [5.41, 5.74) is 0.526. The summed E-state index contributed by atoms with van der Waals surface area (Å²) < 4.78 is 0. The fourth-order valence-corrected chi connectivity index (χ4v) is 3.09. The molecule has 1 aromatic rings. The summed E-state index contributed by atoms with van der Waals surface area (Å²) in [6.45, 7) is 7.94. The minimum absolute atomic E-state index is 0.491. The van der Waals surface area contributed by atoms with Crippen LogP contribution in [-0.4, -0.2) is 32.8 Å². The van der Waals surface area contributed by atoms with Crippen LogP contribution >= 0.6 is 0 Å². The van der Waals surface area contributed by atoms with Crippen molar-refractivity contribution in [2.45, 2.75) is 58.9 Å². The van der Waals surface area contributed by atoms with E-state index in [1.807, 2.05) is 7.05 Å². The van der Waals surface area contributed by atoms with Crippen molar-refractivity contribution < 1.29 is 0 Å². The molecular formula is C14H27N5. The Kier molecular flexibility index (Phi) is 4.55. The fourth-order valence-electron chi connectivity index (χ4n) is 3.09. The third kappa shape index (κ3) is 4.00. The van der Waals surface area contributed by atoms with Crippen molar-refractivity contribution in [2.75, 3.05) is 6.54 Å². The zero-order valence-electron chi connectivity index (χ0n) is 12.7. The van der Waals surface area contributed by atoms with E-state index in [-0.39, 0.29) is 0 Å². The summed E-state index contributed by atoms with van der Waals surface area (Å²) in [6.07, 6.45) is 6.17. The van der Waals surface area contributed by atoms with Gasteiger partial charge in [-0.1, -0.05) is 20.8 Å². The van der Waals surface area contributed by atoms with E-state index in [0.717, 1.165) is 24.7 Å². The van der Waals surface area contributed by atoms with Crippen molar-refractivity contribution >= 4 is 0 Å². The second kappa shape index (κ2) is 5.99. The van der Waals surface area contributed by atoms with Crippen LogP contribution in [0.4, 0.5) is 0 Å². The lowest BCUT2D eigenvalue weighted by Crippen LogP contribution is -2.41. The molecule has 1 aliphatic rings. The Bertz CT molecular complexity index is 388. The average molecular weight is 265 g/mol. The molecular weight excluding hydrogens is 238 g/mol. The van der Waals surface area contributed by atoms with E-state index < -0.39 is 0 Å². The standard InChI is InChI=1S/C14H27N5/c1-5-15-12(10-13-16-18-19(4)17-13)11-6-8-14(2,3)9-7-11/h11-12,15H,5-10H2,1-4H3. The molecule has 2 rings (SSSR count). The van der Waals surface area contributed by atoms with Crippen molar-refractivity contribution in [2.24, 2.45) is 18.4 Å². The highest BCUT2D eigenvalue weighted by Gasteiger charge is 2.31. The van der Waals surface area contributed by atoms with E-state index in [4.69, 9.17) is 0 Å². The maximum absolute atomic E-state index is 4.31. The number of aromatic nitrogens is 4. The molecule has 1 N–H and O–H groups in total. The maximum atomic E-state index is 4.31. The summed E-state index contributed by atoms with van der Waals surface area (Å²) >= 11 is 0. The first kappa shape index (κ1) is 14.4. The number of aryl methyl sites for hydroxylation is 1. The van der Waals surface area contributed by atoms with E-state index in [1.54, 1.807) is 4.80 Å². The van der Waals surface area contributed by atoms with Crippen LogP contribution in [0.1, 0.15) is 52.3 Å². The Morgan fingerprint density at radius 2 is 2.05 bits per heavy atom. The van der Waals surface area contributed by atoms with Crippen LogP contribution in [-0.2, 0) is 13.5 Å². The van der Waals surface area contributed by atoms with Crippen LogP contribution in [0.25, 0.3) is 0 Å². The monoisotopic (exact) mass is 265 g/mol. The molecule has 1 heterocycles. The second-order valence-corrected chi connectivity index (χ2v) is 6.57. The zero-order valence-corrected chi connectivity index (χ0v) is 12.7. The van der Waals surface area contributed by atoms with Gasteiger partial charge in [-0.15, -0.1) is 10.2 Å². The molecule has 0 bridgehead atoms. The maximum Gasteiger partial charge on any atom is 0.176 e. The van der Waals surface area contributed by atoms with Gasteiger partial charge in [-0.25, -0.2) is 0 Å². The van der Waals surface area contributed by atoms with Gasteiger partial charge in [0, 0.05) is 12.5 Å². The molecule has 0 radical (unpaired) electrons. The SMILES string of the molecule is CCNC(Cc1nnn(C)n1)C1CCC(C)(C)CC1. The first-order valence-corrected chi connectivity index (χ1v) is 7.46. The number of tetrazole rings is 1. The number of hydrogen-bond acceptors (Lipinski definition) is 4. The minimum atomic E-state index is 0.491. The Labute approximate surface area is 116 Å². The molecule has 5 nitrogen and oxygen atoms in total. The predicted molar refractivity (Wildman–Crippen MR) is 75.7 cm³/mol. The number of hydrogen-bond donors (Lipinski definition) is 1. The Balaban J connectivity index is 1.96. The van der Waals surface area contributed by atoms with Crippen LogP contribution in [0.3, 0.4) is 0 Å². The normalized spacial score (nSPS) is 21.5. The number of nitrogens with one attached hydrogen (secondary N) is 1. The van der Waals surface area contributed by atoms with Gasteiger partial charge in [0.05, 0.1) is 7.05 Å². The van der Waals surface area contributed by atoms with Crippen LogP contribution in [0, 0.1) is 11.3 Å². The van der Waals surface area contributed by atoms with Gasteiger partial charge in [0.2, 0.25) is 0 Å². The van der Waals surface area contributed by atoms with Crippen LogP contribution < -0.4 is 5.32 Å². The van der Waals surface area contributed by atoms with Crippen molar-refractivity contribution in [3.05, 3.63) is 5.82 Å². The van der Waals surface area contributed by atoms with Crippen molar-refractivity contribution in [1.29, 1.82) is 0 Å². The van der Waals surface area contributed by atoms with E-state index >= 15 is 0 Å². The summed E-state index contributed by atoms with van der Waals surface area (Å²) in [4.78, 5) is 1.54. The van der Waals surface area contributed by atoms with Crippen molar-refractivity contribution in [1.82, 2.24) is 25.5 Å². The highest BCUT2D eigenvalue weighted by molar-refractivity contribution is 4.91. The first-order valence-electron chi connectivity index (χ1n) is 7.46. The van der Waals surface area contributed by atoms with Gasteiger partial charge in [0.15, 0.2) is 5.82 Å². The molecule has 0 saturated heterocycles. The van der Waals surface area contributed by atoms with E-state index in [0.29, 0.717) is 11.5 Å². The highest BCUT2D eigenvalue weighted by Crippen LogP contribution is 2.39. The van der Waals surface area contributed by atoms with Crippen molar-refractivity contribution in [3.8, 4) is 0 Å². The molecule has 108 valence electrons. The molecule has 0 aromatic carbocycles. The van der Waals surface area contributed by atoms with E-state index in [1.165, 1.54) is 25.7 Å². The highest BCUT2D eigenvalue weighted by atomic mass is 15.6. The average Bonchev–Trinajstić information content (AvgIpc) is 2.74. The Morgan fingerprint density at radius 1 is 1.37 bits per heavy atom. The van der Waals surface area contributed by atoms with Gasteiger partial charge in [-0.05, 0) is 48.8 Å². The molecule has 1 saturated carbocycles. The third-order valence-electron chi connectivity index (χ3n) is 4.37. The van der Waals surface area contributed by atoms with Crippen LogP contribution in [0.2, 0.25) is 0 Å². The molecule has 0 aliphatic heterocycles. The van der Waals surface area contributed by atoms with Crippen LogP contribution in [0.5, 0.6) is 0 Å². The lowest BCUT2D eigenvalue weighted by atomic mass is 9.70. The molecule has 1 atom stereocenters. The lowest BCUT2D eigenvalue weighted by molar-refractivity contribution is 0.160. The molecule has 0 amide bonds. The fraction of sp³-hybridized carbons (Fsp3) is 0.929. The summed E-state index contributed by atoms with van der Waals surface area (Å²) in [6, 6.07) is 0.491. The Morgan fingerprint density at radius 3 is 2.58 bits per heavy atom. The van der Waals surface area contributed by atoms with E-state index in [9.17, 15) is 0 Å². The Hall–Kier alpha value is -0.970. The van der Waals surface area contributed by atoms with Gasteiger partial charge >= 0.3 is 0 Å². The summed E-state index contributed by atoms with van der Waals surface area (Å²) in [5.74, 6) is 1.61. The molecule has 1 fully saturated rings. The summed E-state index contributed by atoms with van der Waals surface area (Å²) in [5, 5.41) is 16.0. The third-order valence-corrected chi connectivity index (χ3v) is 4.37. The first-order chi connectivity index (χ1) is 9.00. The molecule has 5 heteroatoms. The number of likely N-dealkylation sites (N-methyl/N-ethyl adjacent to an activating group) is 1. The molecule has 0 spiro atoms. The van der Waals surface area contributed by atoms with Gasteiger partial charge in [-0.3, -0.25) is 0 Å². The van der Waals surface area contributed by atoms with E-state index in [2.05, 4.69) is 41.5 Å². The second-order valence-electron chi connectivity index (χ2n) is 6.57. The van der Waals surface area contributed by atoms with Crippen molar-refractivity contribution in [3.63, 3.8) is 0 Å². The smallest absolute Gasteiger partial charge is 0.176 e. The zero-order chi connectivity index (χ0) is 13.9. The van der Waals surface area contributed by atoms with Gasteiger partial charge in [-0.2, -0.15) is 4.80 Å². The van der Waals surface area contributed by atoms with Gasteiger partial charge in [0.25, 0.3) is 0 Å². The molecule has 19 heavy (non-hydrogen) atoms. The predicted octanol–water partition coefficient (Wildman–Crippen LogP) is 1.95. The largest absolute Gasteiger partial charge is 0.314 e. The summed E-state index contributed by atoms with van der Waals surface area (Å²) in [7, 11) is 1.82. The lowest BCUT2D eigenvalue weighted by Gasteiger charge is -2.38. The number of rotatable bonds is 5. The molecule has 1 aromatic heterocycles.